The molecule has 2 saturated heterocycles. The summed E-state index contributed by atoms with van der Waals surface area (Å²) in [6.07, 6.45) is 5.76. The first kappa shape index (κ1) is 22.0. The number of rotatable bonds is 6. The van der Waals surface area contributed by atoms with Crippen LogP contribution in [0.25, 0.3) is 22.3 Å². The van der Waals surface area contributed by atoms with Gasteiger partial charge in [0.25, 0.3) is 0 Å². The zero-order chi connectivity index (χ0) is 22.6. The Morgan fingerprint density at radius 1 is 1.12 bits per heavy atom. The van der Waals surface area contributed by atoms with Crippen LogP contribution in [-0.2, 0) is 0 Å². The molecule has 2 aliphatic rings. The zero-order valence-corrected chi connectivity index (χ0v) is 19.2. The van der Waals surface area contributed by atoms with E-state index in [0.717, 1.165) is 69.0 Å². The normalized spacial score (nSPS) is 19.7. The lowest BCUT2D eigenvalue weighted by Crippen LogP contribution is -2.46. The van der Waals surface area contributed by atoms with Crippen LogP contribution in [0, 0.1) is 11.7 Å². The Balaban J connectivity index is 1.40. The summed E-state index contributed by atoms with van der Waals surface area (Å²) in [5, 5.41) is 6.95. The molecule has 33 heavy (non-hydrogen) atoms. The Morgan fingerprint density at radius 3 is 2.73 bits per heavy atom. The van der Waals surface area contributed by atoms with Gasteiger partial charge in [0, 0.05) is 50.7 Å². The van der Waals surface area contributed by atoms with E-state index < -0.39 is 0 Å². The van der Waals surface area contributed by atoms with Gasteiger partial charge in [-0.05, 0) is 56.6 Å². The number of hydrogen-bond acceptors (Lipinski definition) is 7. The number of aromatic nitrogens is 3. The minimum absolute atomic E-state index is 0.207. The number of nitrogens with zero attached hydrogens (tertiary/aromatic N) is 5. The molecule has 0 aliphatic carbocycles. The molecular weight excluding hydrogens is 417 g/mol. The van der Waals surface area contributed by atoms with Crippen LogP contribution in [-0.4, -0.2) is 72.2 Å². The molecule has 174 valence electrons. The van der Waals surface area contributed by atoms with E-state index in [9.17, 15) is 0 Å². The van der Waals surface area contributed by atoms with Crippen molar-refractivity contribution < 1.29 is 4.39 Å². The first-order valence-corrected chi connectivity index (χ1v) is 12.0. The highest BCUT2D eigenvalue weighted by Crippen LogP contribution is 2.30. The number of halogens is 1. The lowest BCUT2D eigenvalue weighted by molar-refractivity contribution is 0.270. The van der Waals surface area contributed by atoms with Crippen molar-refractivity contribution in [2.45, 2.75) is 19.8 Å². The largest absolute Gasteiger partial charge is 0.368 e. The third-order valence-corrected chi connectivity index (χ3v) is 6.82. The molecule has 3 aromatic rings. The molecule has 2 aliphatic heterocycles. The molecule has 1 aromatic carbocycles. The zero-order valence-electron chi connectivity index (χ0n) is 19.2. The van der Waals surface area contributed by atoms with Gasteiger partial charge in [-0.2, -0.15) is 0 Å². The van der Waals surface area contributed by atoms with Gasteiger partial charge in [-0.25, -0.2) is 14.4 Å². The van der Waals surface area contributed by atoms with Gasteiger partial charge >= 0.3 is 0 Å². The molecule has 4 heterocycles. The van der Waals surface area contributed by atoms with E-state index in [4.69, 9.17) is 4.98 Å². The maximum absolute atomic E-state index is 15.2. The smallest absolute Gasteiger partial charge is 0.154 e. The van der Waals surface area contributed by atoms with Gasteiger partial charge in [0.1, 0.15) is 11.3 Å². The van der Waals surface area contributed by atoms with E-state index in [-0.39, 0.29) is 5.82 Å². The molecular formula is C25H32FN7. The maximum Gasteiger partial charge on any atom is 0.154 e. The third-order valence-electron chi connectivity index (χ3n) is 6.82. The summed E-state index contributed by atoms with van der Waals surface area (Å²) in [6.45, 7) is 9.76. The Bertz CT molecular complexity index is 1090. The number of fused-ring (bicyclic) bond motifs is 1. The van der Waals surface area contributed by atoms with Gasteiger partial charge in [0.2, 0.25) is 0 Å². The fourth-order valence-electron chi connectivity index (χ4n) is 4.81. The van der Waals surface area contributed by atoms with Crippen LogP contribution in [0.1, 0.15) is 19.8 Å². The summed E-state index contributed by atoms with van der Waals surface area (Å²) in [4.78, 5) is 18.4. The molecule has 8 heteroatoms. The summed E-state index contributed by atoms with van der Waals surface area (Å²) in [7, 11) is 0. The SMILES string of the molecule is CCN1CCN(c2ccc(-c3cc4nccnc4c(NCC4CCCNC4)n3)cc2F)CC1. The summed E-state index contributed by atoms with van der Waals surface area (Å²) in [6, 6.07) is 7.34. The third kappa shape index (κ3) is 4.91. The molecule has 0 amide bonds. The van der Waals surface area contributed by atoms with Crippen molar-refractivity contribution in [2.75, 3.05) is 62.6 Å². The first-order chi connectivity index (χ1) is 16.2. The van der Waals surface area contributed by atoms with Crippen LogP contribution in [0.3, 0.4) is 0 Å². The Hall–Kier alpha value is -2.84. The molecule has 1 atom stereocenters. The topological polar surface area (TPSA) is 69.2 Å². The van der Waals surface area contributed by atoms with Crippen molar-refractivity contribution in [3.8, 4) is 11.3 Å². The van der Waals surface area contributed by atoms with Gasteiger partial charge in [-0.1, -0.05) is 13.0 Å². The van der Waals surface area contributed by atoms with Crippen molar-refractivity contribution in [1.82, 2.24) is 25.2 Å². The summed E-state index contributed by atoms with van der Waals surface area (Å²) in [5.74, 6) is 1.06. The van der Waals surface area contributed by atoms with Crippen LogP contribution < -0.4 is 15.5 Å². The van der Waals surface area contributed by atoms with E-state index in [0.29, 0.717) is 23.1 Å². The highest BCUT2D eigenvalue weighted by molar-refractivity contribution is 5.88. The molecule has 5 rings (SSSR count). The Kier molecular flexibility index (Phi) is 6.64. The van der Waals surface area contributed by atoms with Crippen LogP contribution in [0.2, 0.25) is 0 Å². The molecule has 0 spiro atoms. The summed E-state index contributed by atoms with van der Waals surface area (Å²) in [5.41, 5.74) is 3.62. The quantitative estimate of drug-likeness (QED) is 0.598. The van der Waals surface area contributed by atoms with E-state index in [1.807, 2.05) is 18.2 Å². The standard InChI is InChI=1S/C25H32FN7/c1-2-32-10-12-33(13-11-32)23-6-5-19(14-20(23)26)21-15-22-24(29-9-8-28-22)25(31-21)30-17-18-4-3-7-27-16-18/h5-6,8-9,14-15,18,27H,2-4,7,10-13,16-17H2,1H3,(H,30,31). The molecule has 1 unspecified atom stereocenters. The minimum atomic E-state index is -0.207. The molecule has 0 bridgehead atoms. The summed E-state index contributed by atoms with van der Waals surface area (Å²) < 4.78 is 15.2. The minimum Gasteiger partial charge on any atom is -0.368 e. The molecule has 2 fully saturated rings. The Morgan fingerprint density at radius 2 is 1.97 bits per heavy atom. The molecule has 2 N–H and O–H groups in total. The second kappa shape index (κ2) is 9.97. The predicted molar refractivity (Wildman–Crippen MR) is 131 cm³/mol. The van der Waals surface area contributed by atoms with E-state index in [1.165, 1.54) is 12.8 Å². The maximum atomic E-state index is 15.2. The van der Waals surface area contributed by atoms with E-state index in [1.54, 1.807) is 18.5 Å². The van der Waals surface area contributed by atoms with E-state index >= 15 is 4.39 Å². The lowest BCUT2D eigenvalue weighted by Gasteiger charge is -2.35. The average molecular weight is 450 g/mol. The first-order valence-electron chi connectivity index (χ1n) is 12.0. The number of piperidine rings is 1. The van der Waals surface area contributed by atoms with Gasteiger partial charge in [0.05, 0.1) is 16.9 Å². The number of likely N-dealkylation sites (N-methyl/N-ethyl adjacent to an activating group) is 1. The monoisotopic (exact) mass is 449 g/mol. The highest BCUT2D eigenvalue weighted by Gasteiger charge is 2.20. The van der Waals surface area contributed by atoms with Gasteiger partial charge < -0.3 is 20.4 Å². The van der Waals surface area contributed by atoms with Gasteiger partial charge in [-0.15, -0.1) is 0 Å². The predicted octanol–water partition coefficient (Wildman–Crippen LogP) is 3.38. The second-order valence-electron chi connectivity index (χ2n) is 8.96. The van der Waals surface area contributed by atoms with Crippen LogP contribution in [0.5, 0.6) is 0 Å². The molecule has 2 aromatic heterocycles. The number of anilines is 2. The van der Waals surface area contributed by atoms with Gasteiger partial charge in [0.15, 0.2) is 5.82 Å². The van der Waals surface area contributed by atoms with E-state index in [2.05, 4.69) is 37.3 Å². The van der Waals surface area contributed by atoms with Crippen molar-refractivity contribution in [3.63, 3.8) is 0 Å². The molecule has 7 nitrogen and oxygen atoms in total. The lowest BCUT2D eigenvalue weighted by atomic mass is 10.00. The van der Waals surface area contributed by atoms with Crippen molar-refractivity contribution >= 4 is 22.5 Å². The van der Waals surface area contributed by atoms with Crippen LogP contribution in [0.4, 0.5) is 15.9 Å². The fourth-order valence-corrected chi connectivity index (χ4v) is 4.81. The number of benzene rings is 1. The van der Waals surface area contributed by atoms with Crippen molar-refractivity contribution in [1.29, 1.82) is 0 Å². The summed E-state index contributed by atoms with van der Waals surface area (Å²) >= 11 is 0. The van der Waals surface area contributed by atoms with Crippen molar-refractivity contribution in [3.05, 3.63) is 42.5 Å². The second-order valence-corrected chi connectivity index (χ2v) is 8.96. The number of pyridine rings is 1. The van der Waals surface area contributed by atoms with Crippen molar-refractivity contribution in [2.24, 2.45) is 5.92 Å². The van der Waals surface area contributed by atoms with Crippen LogP contribution in [0.15, 0.2) is 36.7 Å². The number of hydrogen-bond donors (Lipinski definition) is 2. The van der Waals surface area contributed by atoms with Gasteiger partial charge in [-0.3, -0.25) is 4.98 Å². The average Bonchev–Trinajstić information content (AvgIpc) is 2.88. The number of nitrogens with one attached hydrogen (secondary N) is 2. The fraction of sp³-hybridized carbons (Fsp3) is 0.480. The number of piperazine rings is 1. The van der Waals surface area contributed by atoms with Crippen LogP contribution >= 0.6 is 0 Å². The molecule has 0 saturated carbocycles. The molecule has 0 radical (unpaired) electrons. The Labute approximate surface area is 194 Å². The highest BCUT2D eigenvalue weighted by atomic mass is 19.1.